The van der Waals surface area contributed by atoms with E-state index >= 15 is 0 Å². The molecule has 0 aliphatic carbocycles. The van der Waals surface area contributed by atoms with Gasteiger partial charge >= 0.3 is 0 Å². The zero-order chi connectivity index (χ0) is 15.0. The molecule has 0 spiro atoms. The maximum Gasteiger partial charge on any atom is 0.261 e. The molecule has 110 valence electrons. The quantitative estimate of drug-likeness (QED) is 0.948. The second kappa shape index (κ2) is 5.16. The maximum atomic E-state index is 12.4. The summed E-state index contributed by atoms with van der Waals surface area (Å²) in [5.74, 6) is 0. The van der Waals surface area contributed by atoms with Crippen LogP contribution in [0, 0.1) is 6.92 Å². The largest absolute Gasteiger partial charge is 0.298 e. The van der Waals surface area contributed by atoms with Crippen molar-refractivity contribution in [2.45, 2.75) is 24.9 Å². The lowest BCUT2D eigenvalue weighted by molar-refractivity contribution is 0.353. The van der Waals surface area contributed by atoms with Crippen LogP contribution in [0.3, 0.4) is 0 Å². The highest BCUT2D eigenvalue weighted by molar-refractivity contribution is 7.92. The van der Waals surface area contributed by atoms with Gasteiger partial charge in [-0.05, 0) is 49.4 Å². The molecule has 0 saturated carbocycles. The molecular weight excluding hydrogens is 284 g/mol. The van der Waals surface area contributed by atoms with Gasteiger partial charge in [-0.3, -0.25) is 9.62 Å². The monoisotopic (exact) mass is 302 g/mol. The molecule has 0 fully saturated rings. The first-order valence-corrected chi connectivity index (χ1v) is 8.32. The predicted octanol–water partition coefficient (Wildman–Crippen LogP) is 2.74. The van der Waals surface area contributed by atoms with E-state index in [9.17, 15) is 8.42 Å². The Morgan fingerprint density at radius 1 is 1.00 bits per heavy atom. The number of nitrogens with one attached hydrogen (secondary N) is 1. The van der Waals surface area contributed by atoms with E-state index in [4.69, 9.17) is 0 Å². The first-order chi connectivity index (χ1) is 9.94. The average molecular weight is 302 g/mol. The Balaban J connectivity index is 1.86. The van der Waals surface area contributed by atoms with Crippen LogP contribution in [-0.4, -0.2) is 20.4 Å². The standard InChI is InChI=1S/C16H18N2O2S/c1-12-3-7-16(8-4-12)21(19,20)17-15-6-5-13-10-18(2)11-14(13)9-15/h3-9,17H,10-11H2,1-2H3. The number of sulfonamides is 1. The van der Waals surface area contributed by atoms with Gasteiger partial charge in [0.1, 0.15) is 0 Å². The van der Waals surface area contributed by atoms with Crippen LogP contribution in [0.1, 0.15) is 16.7 Å². The van der Waals surface area contributed by atoms with Gasteiger partial charge in [0.2, 0.25) is 0 Å². The minimum Gasteiger partial charge on any atom is -0.298 e. The van der Waals surface area contributed by atoms with Gasteiger partial charge in [-0.2, -0.15) is 0 Å². The van der Waals surface area contributed by atoms with Gasteiger partial charge in [-0.25, -0.2) is 8.42 Å². The minimum absolute atomic E-state index is 0.283. The van der Waals surface area contributed by atoms with Crippen molar-refractivity contribution < 1.29 is 8.42 Å². The summed E-state index contributed by atoms with van der Waals surface area (Å²) in [6.07, 6.45) is 0. The second-order valence-electron chi connectivity index (χ2n) is 5.57. The summed E-state index contributed by atoms with van der Waals surface area (Å²) in [5.41, 5.74) is 4.09. The highest BCUT2D eigenvalue weighted by atomic mass is 32.2. The first-order valence-electron chi connectivity index (χ1n) is 6.84. The summed E-state index contributed by atoms with van der Waals surface area (Å²) in [6, 6.07) is 12.6. The van der Waals surface area contributed by atoms with Crippen molar-refractivity contribution in [1.29, 1.82) is 0 Å². The van der Waals surface area contributed by atoms with E-state index in [0.29, 0.717) is 5.69 Å². The first kappa shape index (κ1) is 14.1. The number of anilines is 1. The molecular formula is C16H18N2O2S. The highest BCUT2D eigenvalue weighted by Crippen LogP contribution is 2.25. The van der Waals surface area contributed by atoms with E-state index in [1.54, 1.807) is 24.3 Å². The highest BCUT2D eigenvalue weighted by Gasteiger charge is 2.18. The Kier molecular flexibility index (Phi) is 3.47. The van der Waals surface area contributed by atoms with E-state index in [-0.39, 0.29) is 4.90 Å². The Morgan fingerprint density at radius 3 is 2.38 bits per heavy atom. The molecule has 0 atom stereocenters. The number of benzene rings is 2. The molecule has 2 aromatic rings. The van der Waals surface area contributed by atoms with Crippen molar-refractivity contribution in [3.05, 3.63) is 59.2 Å². The topological polar surface area (TPSA) is 49.4 Å². The van der Waals surface area contributed by atoms with Crippen LogP contribution >= 0.6 is 0 Å². The Hall–Kier alpha value is -1.85. The number of nitrogens with zero attached hydrogens (tertiary/aromatic N) is 1. The van der Waals surface area contributed by atoms with Crippen LogP contribution in [0.2, 0.25) is 0 Å². The number of rotatable bonds is 3. The Bertz CT molecular complexity index is 767. The van der Waals surface area contributed by atoms with Gasteiger partial charge in [0, 0.05) is 18.8 Å². The lowest BCUT2D eigenvalue weighted by atomic mass is 10.1. The van der Waals surface area contributed by atoms with Crippen LogP contribution in [0.25, 0.3) is 0 Å². The number of hydrogen-bond acceptors (Lipinski definition) is 3. The minimum atomic E-state index is -3.52. The molecule has 3 rings (SSSR count). The molecule has 4 nitrogen and oxygen atoms in total. The molecule has 0 saturated heterocycles. The molecule has 0 aromatic heterocycles. The van der Waals surface area contributed by atoms with Crippen LogP contribution in [0.5, 0.6) is 0 Å². The lowest BCUT2D eigenvalue weighted by Gasteiger charge is -2.09. The SMILES string of the molecule is Cc1ccc(S(=O)(=O)Nc2ccc3c(c2)CN(C)C3)cc1. The average Bonchev–Trinajstić information content (AvgIpc) is 2.78. The third-order valence-electron chi connectivity index (χ3n) is 3.67. The van der Waals surface area contributed by atoms with Crippen LogP contribution in [-0.2, 0) is 23.1 Å². The van der Waals surface area contributed by atoms with E-state index in [1.165, 1.54) is 11.1 Å². The number of fused-ring (bicyclic) bond motifs is 1. The van der Waals surface area contributed by atoms with Crippen molar-refractivity contribution >= 4 is 15.7 Å². The summed E-state index contributed by atoms with van der Waals surface area (Å²) in [7, 11) is -1.47. The zero-order valence-corrected chi connectivity index (χ0v) is 12.9. The molecule has 1 aliphatic heterocycles. The fraction of sp³-hybridized carbons (Fsp3) is 0.250. The van der Waals surface area contributed by atoms with Crippen LogP contribution in [0.15, 0.2) is 47.4 Å². The van der Waals surface area contributed by atoms with Crippen LogP contribution in [0.4, 0.5) is 5.69 Å². The molecule has 0 amide bonds. The van der Waals surface area contributed by atoms with Crippen molar-refractivity contribution in [2.24, 2.45) is 0 Å². The third kappa shape index (κ3) is 2.94. The van der Waals surface area contributed by atoms with Gasteiger partial charge < -0.3 is 0 Å². The Morgan fingerprint density at radius 2 is 1.67 bits per heavy atom. The van der Waals surface area contributed by atoms with Crippen molar-refractivity contribution in [3.63, 3.8) is 0 Å². The molecule has 5 heteroatoms. The number of aryl methyl sites for hydroxylation is 1. The molecule has 0 radical (unpaired) electrons. The summed E-state index contributed by atoms with van der Waals surface area (Å²) in [5, 5.41) is 0. The van der Waals surface area contributed by atoms with Crippen molar-refractivity contribution in [1.82, 2.24) is 4.90 Å². The second-order valence-corrected chi connectivity index (χ2v) is 7.26. The van der Waals surface area contributed by atoms with Gasteiger partial charge in [0.15, 0.2) is 0 Å². The third-order valence-corrected chi connectivity index (χ3v) is 5.07. The fourth-order valence-electron chi connectivity index (χ4n) is 2.56. The Labute approximate surface area is 125 Å². The van der Waals surface area contributed by atoms with E-state index in [2.05, 4.69) is 16.7 Å². The molecule has 1 N–H and O–H groups in total. The summed E-state index contributed by atoms with van der Waals surface area (Å²) in [4.78, 5) is 2.48. The van der Waals surface area contributed by atoms with Crippen molar-refractivity contribution in [3.8, 4) is 0 Å². The lowest BCUT2D eigenvalue weighted by Crippen LogP contribution is -2.13. The predicted molar refractivity (Wildman–Crippen MR) is 83.6 cm³/mol. The zero-order valence-electron chi connectivity index (χ0n) is 12.1. The fourth-order valence-corrected chi connectivity index (χ4v) is 3.61. The summed E-state index contributed by atoms with van der Waals surface area (Å²) < 4.78 is 27.4. The van der Waals surface area contributed by atoms with E-state index in [1.807, 2.05) is 25.1 Å². The molecule has 1 aliphatic rings. The molecule has 0 unspecified atom stereocenters. The molecule has 1 heterocycles. The van der Waals surface area contributed by atoms with E-state index in [0.717, 1.165) is 18.7 Å². The van der Waals surface area contributed by atoms with Crippen LogP contribution < -0.4 is 4.72 Å². The van der Waals surface area contributed by atoms with Gasteiger partial charge in [-0.1, -0.05) is 23.8 Å². The van der Waals surface area contributed by atoms with Gasteiger partial charge in [-0.15, -0.1) is 0 Å². The molecule has 21 heavy (non-hydrogen) atoms. The smallest absolute Gasteiger partial charge is 0.261 e. The molecule has 2 aromatic carbocycles. The van der Waals surface area contributed by atoms with Gasteiger partial charge in [0.25, 0.3) is 10.0 Å². The maximum absolute atomic E-state index is 12.4. The summed E-state index contributed by atoms with van der Waals surface area (Å²) in [6.45, 7) is 3.70. The summed E-state index contributed by atoms with van der Waals surface area (Å²) >= 11 is 0. The van der Waals surface area contributed by atoms with Crippen molar-refractivity contribution in [2.75, 3.05) is 11.8 Å². The normalized spacial score (nSPS) is 15.0. The van der Waals surface area contributed by atoms with Gasteiger partial charge in [0.05, 0.1) is 4.90 Å². The molecule has 0 bridgehead atoms. The number of hydrogen-bond donors (Lipinski definition) is 1. The van der Waals surface area contributed by atoms with E-state index < -0.39 is 10.0 Å².